The minimum absolute atomic E-state index is 0.244. The van der Waals surface area contributed by atoms with E-state index in [9.17, 15) is 13.2 Å². The number of alkyl halides is 3. The molecule has 0 aromatic heterocycles. The van der Waals surface area contributed by atoms with Gasteiger partial charge in [-0.05, 0) is 50.6 Å². The number of allylic oxidation sites excluding steroid dienone is 1. The molecule has 1 aromatic rings. The molecule has 0 spiro atoms. The number of halogens is 3. The van der Waals surface area contributed by atoms with Crippen LogP contribution in [0.3, 0.4) is 0 Å². The molecule has 25 heavy (non-hydrogen) atoms. The van der Waals surface area contributed by atoms with Gasteiger partial charge in [-0.3, -0.25) is 4.99 Å². The van der Waals surface area contributed by atoms with Crippen LogP contribution < -0.4 is 10.1 Å². The highest BCUT2D eigenvalue weighted by atomic mass is 19.4. The van der Waals surface area contributed by atoms with Gasteiger partial charge in [0.25, 0.3) is 0 Å². The average molecular weight is 353 g/mol. The molecule has 0 unspecified atom stereocenters. The van der Waals surface area contributed by atoms with E-state index in [0.29, 0.717) is 12.2 Å². The van der Waals surface area contributed by atoms with Gasteiger partial charge in [0.15, 0.2) is 0 Å². The van der Waals surface area contributed by atoms with E-state index in [0.717, 1.165) is 30.1 Å². The molecule has 0 aliphatic carbocycles. The molecule has 0 bridgehead atoms. The normalized spacial score (nSPS) is 18.0. The quantitative estimate of drug-likeness (QED) is 0.788. The maximum atomic E-state index is 12.2. The van der Waals surface area contributed by atoms with Crippen LogP contribution in [0.25, 0.3) is 0 Å². The molecule has 1 heterocycles. The summed E-state index contributed by atoms with van der Waals surface area (Å²) in [5.74, 6) is 0.665. The molecule has 4 nitrogen and oxygen atoms in total. The Hall–Kier alpha value is -2.44. The number of benzene rings is 1. The Labute approximate surface area is 145 Å². The maximum Gasteiger partial charge on any atom is 0.573 e. The van der Waals surface area contributed by atoms with E-state index in [4.69, 9.17) is 0 Å². The zero-order valence-electron chi connectivity index (χ0n) is 14.5. The van der Waals surface area contributed by atoms with Gasteiger partial charge in [0.05, 0.1) is 0 Å². The second-order valence-corrected chi connectivity index (χ2v) is 5.54. The Morgan fingerprint density at radius 2 is 1.88 bits per heavy atom. The second kappa shape index (κ2) is 8.09. The van der Waals surface area contributed by atoms with Crippen molar-refractivity contribution in [3.63, 3.8) is 0 Å². The van der Waals surface area contributed by atoms with E-state index in [1.807, 2.05) is 26.1 Å². The van der Waals surface area contributed by atoms with E-state index in [-0.39, 0.29) is 5.75 Å². The van der Waals surface area contributed by atoms with Crippen molar-refractivity contribution in [1.82, 2.24) is 4.90 Å². The van der Waals surface area contributed by atoms with Gasteiger partial charge in [-0.1, -0.05) is 6.92 Å². The lowest BCUT2D eigenvalue weighted by atomic mass is 10.2. The molecule has 0 fully saturated rings. The first-order valence-corrected chi connectivity index (χ1v) is 8.17. The minimum Gasteiger partial charge on any atom is -0.406 e. The monoisotopic (exact) mass is 353 g/mol. The number of nitrogens with one attached hydrogen (secondary N) is 1. The lowest BCUT2D eigenvalue weighted by molar-refractivity contribution is -0.274. The fourth-order valence-corrected chi connectivity index (χ4v) is 2.53. The number of amidine groups is 1. The third kappa shape index (κ3) is 5.27. The van der Waals surface area contributed by atoms with Gasteiger partial charge in [0.1, 0.15) is 11.6 Å². The standard InChI is InChI=1S/C18H22F3N3O/c1-4-11-24-12-10-16(17(24)22-5-2)13(3)23-14-6-8-15(9-7-14)25-18(19,20)21/h6-10,12,23H,4-5,11H2,1-3H3/b16-13+,22-17+. The van der Waals surface area contributed by atoms with Crippen LogP contribution in [-0.2, 0) is 0 Å². The van der Waals surface area contributed by atoms with E-state index >= 15 is 0 Å². The minimum atomic E-state index is -4.68. The van der Waals surface area contributed by atoms with Gasteiger partial charge in [0.2, 0.25) is 0 Å². The van der Waals surface area contributed by atoms with E-state index < -0.39 is 6.36 Å². The highest BCUT2D eigenvalue weighted by molar-refractivity contribution is 6.04. The first-order valence-electron chi connectivity index (χ1n) is 8.17. The molecule has 0 amide bonds. The zero-order valence-corrected chi connectivity index (χ0v) is 14.5. The first kappa shape index (κ1) is 18.9. The van der Waals surface area contributed by atoms with Gasteiger partial charge in [-0.25, -0.2) is 0 Å². The predicted octanol–water partition coefficient (Wildman–Crippen LogP) is 4.93. The number of ether oxygens (including phenoxy) is 1. The third-order valence-corrected chi connectivity index (χ3v) is 3.53. The van der Waals surface area contributed by atoms with Crippen LogP contribution in [0.4, 0.5) is 18.9 Å². The summed E-state index contributed by atoms with van der Waals surface area (Å²) in [5.41, 5.74) is 2.54. The molecule has 0 radical (unpaired) electrons. The zero-order chi connectivity index (χ0) is 18.4. The molecule has 136 valence electrons. The van der Waals surface area contributed by atoms with Crippen LogP contribution in [0.1, 0.15) is 27.2 Å². The molecule has 0 saturated carbocycles. The number of aliphatic imine (C=N–C) groups is 1. The highest BCUT2D eigenvalue weighted by Gasteiger charge is 2.31. The molecule has 0 saturated heterocycles. The molecule has 1 aliphatic rings. The van der Waals surface area contributed by atoms with Crippen molar-refractivity contribution in [2.75, 3.05) is 18.4 Å². The number of anilines is 1. The van der Waals surface area contributed by atoms with Gasteiger partial charge in [0, 0.05) is 36.2 Å². The van der Waals surface area contributed by atoms with Crippen LogP contribution in [0.2, 0.25) is 0 Å². The summed E-state index contributed by atoms with van der Waals surface area (Å²) in [7, 11) is 0. The number of nitrogens with zero attached hydrogens (tertiary/aromatic N) is 2. The molecule has 1 aliphatic heterocycles. The Bertz CT molecular complexity index is 676. The Balaban J connectivity index is 2.15. The summed E-state index contributed by atoms with van der Waals surface area (Å²) in [5, 5.41) is 3.21. The van der Waals surface area contributed by atoms with E-state index in [1.54, 1.807) is 12.1 Å². The summed E-state index contributed by atoms with van der Waals surface area (Å²) in [4.78, 5) is 6.66. The van der Waals surface area contributed by atoms with Crippen molar-refractivity contribution in [3.05, 3.63) is 47.8 Å². The lowest BCUT2D eigenvalue weighted by Gasteiger charge is -2.18. The SMILES string of the molecule is CCCN1C=CC(=C(/C)Nc2ccc(OC(F)(F)F)cc2)/C1=N\CC. The summed E-state index contributed by atoms with van der Waals surface area (Å²) >= 11 is 0. The first-order chi connectivity index (χ1) is 11.8. The molecule has 0 atom stereocenters. The molecular formula is C18H22F3N3O. The van der Waals surface area contributed by atoms with Crippen LogP contribution in [0.15, 0.2) is 52.8 Å². The van der Waals surface area contributed by atoms with Crippen LogP contribution in [0, 0.1) is 0 Å². The van der Waals surface area contributed by atoms with Crippen molar-refractivity contribution in [1.29, 1.82) is 0 Å². The summed E-state index contributed by atoms with van der Waals surface area (Å²) in [6, 6.07) is 5.65. The lowest BCUT2D eigenvalue weighted by Crippen LogP contribution is -2.24. The molecule has 1 aromatic carbocycles. The van der Waals surface area contributed by atoms with Crippen LogP contribution in [0.5, 0.6) is 5.75 Å². The fourth-order valence-electron chi connectivity index (χ4n) is 2.53. The van der Waals surface area contributed by atoms with Gasteiger partial charge >= 0.3 is 6.36 Å². The molecular weight excluding hydrogens is 331 g/mol. The van der Waals surface area contributed by atoms with Crippen LogP contribution in [-0.4, -0.2) is 30.2 Å². The Kier molecular flexibility index (Phi) is 6.12. The summed E-state index contributed by atoms with van der Waals surface area (Å²) < 4.78 is 40.5. The predicted molar refractivity (Wildman–Crippen MR) is 93.6 cm³/mol. The van der Waals surface area contributed by atoms with Crippen LogP contribution >= 0.6 is 0 Å². The molecule has 1 N–H and O–H groups in total. The van der Waals surface area contributed by atoms with Gasteiger partial charge in [-0.2, -0.15) is 0 Å². The fraction of sp³-hybridized carbons (Fsp3) is 0.389. The van der Waals surface area contributed by atoms with E-state index in [2.05, 4.69) is 26.9 Å². The Morgan fingerprint density at radius 3 is 2.44 bits per heavy atom. The van der Waals surface area contributed by atoms with Crippen molar-refractivity contribution in [2.24, 2.45) is 4.99 Å². The number of hydrogen-bond acceptors (Lipinski definition) is 3. The topological polar surface area (TPSA) is 36.9 Å². The maximum absolute atomic E-state index is 12.2. The number of rotatable bonds is 6. The summed E-state index contributed by atoms with van der Waals surface area (Å²) in [6.07, 6.45) is 0.315. The van der Waals surface area contributed by atoms with Crippen molar-refractivity contribution >= 4 is 11.5 Å². The Morgan fingerprint density at radius 1 is 1.20 bits per heavy atom. The highest BCUT2D eigenvalue weighted by Crippen LogP contribution is 2.25. The molecule has 7 heteroatoms. The van der Waals surface area contributed by atoms with Crippen molar-refractivity contribution < 1.29 is 17.9 Å². The third-order valence-electron chi connectivity index (χ3n) is 3.53. The average Bonchev–Trinajstić information content (AvgIpc) is 2.92. The largest absolute Gasteiger partial charge is 0.573 e. The van der Waals surface area contributed by atoms with Gasteiger partial charge < -0.3 is 15.0 Å². The molecule has 2 rings (SSSR count). The smallest absolute Gasteiger partial charge is 0.406 e. The van der Waals surface area contributed by atoms with Gasteiger partial charge in [-0.15, -0.1) is 13.2 Å². The second-order valence-electron chi connectivity index (χ2n) is 5.54. The van der Waals surface area contributed by atoms with Crippen molar-refractivity contribution in [2.45, 2.75) is 33.6 Å². The summed E-state index contributed by atoms with van der Waals surface area (Å²) in [6.45, 7) is 7.57. The van der Waals surface area contributed by atoms with Crippen molar-refractivity contribution in [3.8, 4) is 5.75 Å². The number of hydrogen-bond donors (Lipinski definition) is 1. The van der Waals surface area contributed by atoms with E-state index in [1.165, 1.54) is 12.1 Å².